The third-order valence-corrected chi connectivity index (χ3v) is 5.79. The molecule has 2 aliphatic rings. The minimum atomic E-state index is -0.861. The van der Waals surface area contributed by atoms with Crippen molar-refractivity contribution in [1.29, 1.82) is 0 Å². The number of fused-ring (bicyclic) bond motifs is 1. The molecule has 2 N–H and O–H groups in total. The number of hydrogen-bond acceptors (Lipinski definition) is 3. The summed E-state index contributed by atoms with van der Waals surface area (Å²) in [5, 5.41) is 5.66. The standard InChI is InChI=1S/C20H27N3O3/c1-3-20(4-2)18(25)23(19(26)22-20)13-17(24)21-12-15-10-7-9-14-8-5-6-11-16(14)15/h5-6,8,11,15H,3-4,7,9-10,12-13H2,1-2H3,(H,21,24)(H,22,26). The molecule has 0 spiro atoms. The van der Waals surface area contributed by atoms with Crippen LogP contribution in [0.5, 0.6) is 0 Å². The van der Waals surface area contributed by atoms with Crippen LogP contribution < -0.4 is 10.6 Å². The van der Waals surface area contributed by atoms with Gasteiger partial charge in [-0.1, -0.05) is 38.1 Å². The van der Waals surface area contributed by atoms with E-state index in [1.807, 2.05) is 26.0 Å². The van der Waals surface area contributed by atoms with Crippen LogP contribution >= 0.6 is 0 Å². The van der Waals surface area contributed by atoms with Gasteiger partial charge in [-0.15, -0.1) is 0 Å². The first-order chi connectivity index (χ1) is 12.5. The summed E-state index contributed by atoms with van der Waals surface area (Å²) in [6.07, 6.45) is 4.27. The monoisotopic (exact) mass is 357 g/mol. The Bertz CT molecular complexity index is 712. The summed E-state index contributed by atoms with van der Waals surface area (Å²) in [7, 11) is 0. The number of carbonyl (C=O) groups excluding carboxylic acids is 3. The van der Waals surface area contributed by atoms with Crippen molar-refractivity contribution in [3.63, 3.8) is 0 Å². The van der Waals surface area contributed by atoms with Crippen molar-refractivity contribution >= 4 is 17.8 Å². The van der Waals surface area contributed by atoms with Gasteiger partial charge in [0.2, 0.25) is 5.91 Å². The molecule has 1 aromatic rings. The highest BCUT2D eigenvalue weighted by atomic mass is 16.2. The van der Waals surface area contributed by atoms with Crippen LogP contribution in [0.25, 0.3) is 0 Å². The van der Waals surface area contributed by atoms with E-state index in [2.05, 4.69) is 22.8 Å². The van der Waals surface area contributed by atoms with Gasteiger partial charge in [-0.2, -0.15) is 0 Å². The number of carbonyl (C=O) groups is 3. The van der Waals surface area contributed by atoms with Crippen molar-refractivity contribution in [3.8, 4) is 0 Å². The zero-order valence-corrected chi connectivity index (χ0v) is 15.5. The Morgan fingerprint density at radius 1 is 1.27 bits per heavy atom. The molecule has 1 saturated heterocycles. The van der Waals surface area contributed by atoms with Gasteiger partial charge in [0, 0.05) is 12.5 Å². The summed E-state index contributed by atoms with van der Waals surface area (Å²) in [5.41, 5.74) is 1.78. The molecule has 3 rings (SSSR count). The van der Waals surface area contributed by atoms with Crippen molar-refractivity contribution < 1.29 is 14.4 Å². The van der Waals surface area contributed by atoms with Gasteiger partial charge in [-0.25, -0.2) is 4.79 Å². The topological polar surface area (TPSA) is 78.5 Å². The molecule has 0 radical (unpaired) electrons. The Balaban J connectivity index is 1.59. The van der Waals surface area contributed by atoms with E-state index in [4.69, 9.17) is 0 Å². The molecule has 0 bridgehead atoms. The number of amides is 4. The zero-order valence-electron chi connectivity index (χ0n) is 15.5. The number of urea groups is 1. The molecule has 6 nitrogen and oxygen atoms in total. The summed E-state index contributed by atoms with van der Waals surface area (Å²) in [5.74, 6) is -0.303. The number of imide groups is 1. The maximum absolute atomic E-state index is 12.6. The Morgan fingerprint density at radius 2 is 2.00 bits per heavy atom. The summed E-state index contributed by atoms with van der Waals surface area (Å²) in [4.78, 5) is 38.1. The Hall–Kier alpha value is -2.37. The summed E-state index contributed by atoms with van der Waals surface area (Å²) < 4.78 is 0. The average Bonchev–Trinajstić information content (AvgIpc) is 2.91. The van der Waals surface area contributed by atoms with Crippen molar-refractivity contribution in [2.24, 2.45) is 0 Å². The fourth-order valence-corrected chi connectivity index (χ4v) is 4.05. The Labute approximate surface area is 154 Å². The highest BCUT2D eigenvalue weighted by Gasteiger charge is 2.49. The van der Waals surface area contributed by atoms with Crippen LogP contribution in [0.3, 0.4) is 0 Å². The van der Waals surface area contributed by atoms with Gasteiger partial charge in [-0.05, 0) is 43.2 Å². The van der Waals surface area contributed by atoms with Gasteiger partial charge in [0.1, 0.15) is 12.1 Å². The maximum Gasteiger partial charge on any atom is 0.325 e. The van der Waals surface area contributed by atoms with Crippen molar-refractivity contribution in [2.45, 2.75) is 57.4 Å². The molecule has 140 valence electrons. The lowest BCUT2D eigenvalue weighted by Crippen LogP contribution is -2.46. The van der Waals surface area contributed by atoms with Crippen LogP contribution in [0.15, 0.2) is 24.3 Å². The molecule has 1 fully saturated rings. The van der Waals surface area contributed by atoms with E-state index >= 15 is 0 Å². The maximum atomic E-state index is 12.6. The van der Waals surface area contributed by atoms with Gasteiger partial charge < -0.3 is 10.6 Å². The largest absolute Gasteiger partial charge is 0.354 e. The Kier molecular flexibility index (Phi) is 5.30. The van der Waals surface area contributed by atoms with Crippen LogP contribution in [-0.4, -0.2) is 41.4 Å². The molecule has 1 aromatic carbocycles. The molecular weight excluding hydrogens is 330 g/mol. The molecule has 1 heterocycles. The molecule has 26 heavy (non-hydrogen) atoms. The lowest BCUT2D eigenvalue weighted by atomic mass is 9.83. The van der Waals surface area contributed by atoms with E-state index in [9.17, 15) is 14.4 Å². The molecule has 6 heteroatoms. The van der Waals surface area contributed by atoms with Crippen LogP contribution in [0, 0.1) is 0 Å². The van der Waals surface area contributed by atoms with Crippen molar-refractivity contribution in [2.75, 3.05) is 13.1 Å². The quantitative estimate of drug-likeness (QED) is 0.767. The fraction of sp³-hybridized carbons (Fsp3) is 0.550. The first-order valence-electron chi connectivity index (χ1n) is 9.49. The second-order valence-electron chi connectivity index (χ2n) is 7.20. The number of aryl methyl sites for hydroxylation is 1. The molecule has 1 unspecified atom stereocenters. The van der Waals surface area contributed by atoms with Gasteiger partial charge >= 0.3 is 6.03 Å². The third kappa shape index (κ3) is 3.32. The first-order valence-corrected chi connectivity index (χ1v) is 9.49. The predicted molar refractivity (Wildman–Crippen MR) is 98.7 cm³/mol. The van der Waals surface area contributed by atoms with E-state index in [0.29, 0.717) is 19.4 Å². The lowest BCUT2D eigenvalue weighted by Gasteiger charge is -2.26. The van der Waals surface area contributed by atoms with Crippen LogP contribution in [0.1, 0.15) is 56.6 Å². The first kappa shape index (κ1) is 18.4. The molecule has 1 aliphatic carbocycles. The lowest BCUT2D eigenvalue weighted by molar-refractivity contribution is -0.135. The molecule has 1 atom stereocenters. The second-order valence-corrected chi connectivity index (χ2v) is 7.20. The van der Waals surface area contributed by atoms with Gasteiger partial charge in [0.05, 0.1) is 0 Å². The van der Waals surface area contributed by atoms with E-state index in [1.54, 1.807) is 0 Å². The number of benzene rings is 1. The highest BCUT2D eigenvalue weighted by Crippen LogP contribution is 2.31. The molecule has 0 aromatic heterocycles. The molecule has 0 saturated carbocycles. The molecular formula is C20H27N3O3. The number of nitrogens with zero attached hydrogens (tertiary/aromatic N) is 1. The minimum absolute atomic E-state index is 0.221. The smallest absolute Gasteiger partial charge is 0.325 e. The van der Waals surface area contributed by atoms with Crippen molar-refractivity contribution in [3.05, 3.63) is 35.4 Å². The van der Waals surface area contributed by atoms with Gasteiger partial charge in [-0.3, -0.25) is 14.5 Å². The normalized spacial score (nSPS) is 21.3. The molecule has 4 amide bonds. The van der Waals surface area contributed by atoms with Gasteiger partial charge in [0.25, 0.3) is 5.91 Å². The van der Waals surface area contributed by atoms with Crippen LogP contribution in [-0.2, 0) is 16.0 Å². The van der Waals surface area contributed by atoms with Crippen LogP contribution in [0.2, 0.25) is 0 Å². The number of hydrogen-bond donors (Lipinski definition) is 2. The zero-order chi connectivity index (χ0) is 18.7. The second kappa shape index (κ2) is 7.48. The SMILES string of the molecule is CCC1(CC)NC(=O)N(CC(=O)NCC2CCCc3ccccc32)C1=O. The van der Waals surface area contributed by atoms with E-state index in [-0.39, 0.29) is 24.3 Å². The number of rotatable bonds is 6. The minimum Gasteiger partial charge on any atom is -0.354 e. The summed E-state index contributed by atoms with van der Waals surface area (Å²) >= 11 is 0. The molecule has 1 aliphatic heterocycles. The highest BCUT2D eigenvalue weighted by molar-refractivity contribution is 6.08. The third-order valence-electron chi connectivity index (χ3n) is 5.79. The number of nitrogens with one attached hydrogen (secondary N) is 2. The van der Waals surface area contributed by atoms with Crippen LogP contribution in [0.4, 0.5) is 4.79 Å². The van der Waals surface area contributed by atoms with E-state index in [0.717, 1.165) is 24.2 Å². The van der Waals surface area contributed by atoms with Gasteiger partial charge in [0.15, 0.2) is 0 Å². The van der Waals surface area contributed by atoms with E-state index in [1.165, 1.54) is 11.1 Å². The summed E-state index contributed by atoms with van der Waals surface area (Å²) in [6, 6.07) is 7.87. The average molecular weight is 357 g/mol. The fourth-order valence-electron chi connectivity index (χ4n) is 4.05. The van der Waals surface area contributed by atoms with E-state index < -0.39 is 11.6 Å². The Morgan fingerprint density at radius 3 is 2.69 bits per heavy atom. The predicted octanol–water partition coefficient (Wildman–Crippen LogP) is 2.33. The summed E-state index contributed by atoms with van der Waals surface area (Å²) in [6.45, 7) is 4.05. The van der Waals surface area contributed by atoms with Crippen molar-refractivity contribution in [1.82, 2.24) is 15.5 Å².